The standard InChI is InChI=1S/C23H22N2O4S/c1-16-8-10-20-22(14-16)29-21-11-9-18(15-19(21)23(26)24-20)30(27,28)25(2)13-12-17-6-4-3-5-7-17/h3-11,14-15H,12-13H2,1-2H3,(H,24,26). The van der Waals surface area contributed by atoms with Gasteiger partial charge in [0, 0.05) is 13.6 Å². The first-order valence-corrected chi connectivity index (χ1v) is 11.0. The molecular formula is C23H22N2O4S. The zero-order valence-electron chi connectivity index (χ0n) is 16.8. The van der Waals surface area contributed by atoms with Gasteiger partial charge in [-0.15, -0.1) is 0 Å². The van der Waals surface area contributed by atoms with Gasteiger partial charge in [-0.05, 0) is 54.8 Å². The molecule has 1 heterocycles. The number of anilines is 1. The number of benzene rings is 3. The van der Waals surface area contributed by atoms with E-state index in [1.165, 1.54) is 22.5 Å². The van der Waals surface area contributed by atoms with Gasteiger partial charge in [0.25, 0.3) is 5.91 Å². The Labute approximate surface area is 176 Å². The van der Waals surface area contributed by atoms with Crippen molar-refractivity contribution >= 4 is 21.6 Å². The monoisotopic (exact) mass is 422 g/mol. The number of ether oxygens (including phenoxy) is 1. The lowest BCUT2D eigenvalue weighted by Gasteiger charge is -2.18. The number of fused-ring (bicyclic) bond motifs is 2. The van der Waals surface area contributed by atoms with Crippen LogP contribution in [0.15, 0.2) is 71.6 Å². The van der Waals surface area contributed by atoms with Gasteiger partial charge in [-0.3, -0.25) is 4.79 Å². The topological polar surface area (TPSA) is 75.7 Å². The Morgan fingerprint density at radius 3 is 2.50 bits per heavy atom. The molecule has 0 radical (unpaired) electrons. The molecule has 1 amide bonds. The molecule has 1 aliphatic rings. The Morgan fingerprint density at radius 1 is 0.967 bits per heavy atom. The fourth-order valence-corrected chi connectivity index (χ4v) is 4.49. The molecular weight excluding hydrogens is 400 g/mol. The van der Waals surface area contributed by atoms with E-state index in [2.05, 4.69) is 5.32 Å². The molecule has 4 rings (SSSR count). The van der Waals surface area contributed by atoms with Crippen LogP contribution in [0.4, 0.5) is 5.69 Å². The smallest absolute Gasteiger partial charge is 0.259 e. The second-order valence-corrected chi connectivity index (χ2v) is 9.32. The van der Waals surface area contributed by atoms with E-state index in [4.69, 9.17) is 4.74 Å². The summed E-state index contributed by atoms with van der Waals surface area (Å²) in [5, 5.41) is 2.79. The van der Waals surface area contributed by atoms with Gasteiger partial charge in [-0.2, -0.15) is 0 Å². The first-order valence-electron chi connectivity index (χ1n) is 9.59. The van der Waals surface area contributed by atoms with Crippen molar-refractivity contribution in [3.63, 3.8) is 0 Å². The number of carbonyl (C=O) groups is 1. The molecule has 0 aromatic heterocycles. The number of hydrogen-bond acceptors (Lipinski definition) is 4. The maximum atomic E-state index is 13.0. The van der Waals surface area contributed by atoms with E-state index in [0.29, 0.717) is 30.2 Å². The number of aryl methyl sites for hydroxylation is 1. The quantitative estimate of drug-likeness (QED) is 0.668. The molecule has 6 nitrogen and oxygen atoms in total. The molecule has 0 bridgehead atoms. The van der Waals surface area contributed by atoms with E-state index >= 15 is 0 Å². The van der Waals surface area contributed by atoms with Crippen molar-refractivity contribution in [2.75, 3.05) is 18.9 Å². The van der Waals surface area contributed by atoms with Crippen LogP contribution >= 0.6 is 0 Å². The maximum absolute atomic E-state index is 13.0. The minimum Gasteiger partial charge on any atom is -0.454 e. The van der Waals surface area contributed by atoms with Crippen molar-refractivity contribution < 1.29 is 17.9 Å². The fourth-order valence-electron chi connectivity index (χ4n) is 3.29. The third kappa shape index (κ3) is 3.94. The van der Waals surface area contributed by atoms with Gasteiger partial charge >= 0.3 is 0 Å². The lowest BCUT2D eigenvalue weighted by Crippen LogP contribution is -2.29. The molecule has 1 N–H and O–H groups in total. The molecule has 0 atom stereocenters. The van der Waals surface area contributed by atoms with E-state index in [9.17, 15) is 13.2 Å². The normalized spacial score (nSPS) is 13.1. The highest BCUT2D eigenvalue weighted by Gasteiger charge is 2.26. The molecule has 154 valence electrons. The minimum atomic E-state index is -3.75. The number of sulfonamides is 1. The van der Waals surface area contributed by atoms with Gasteiger partial charge in [-0.1, -0.05) is 36.4 Å². The van der Waals surface area contributed by atoms with Crippen molar-refractivity contribution in [2.24, 2.45) is 0 Å². The predicted molar refractivity (Wildman–Crippen MR) is 116 cm³/mol. The Bertz CT molecular complexity index is 1210. The van der Waals surface area contributed by atoms with E-state index < -0.39 is 15.9 Å². The van der Waals surface area contributed by atoms with Crippen molar-refractivity contribution in [3.8, 4) is 11.5 Å². The molecule has 0 unspecified atom stereocenters. The van der Waals surface area contributed by atoms with Crippen LogP contribution < -0.4 is 10.1 Å². The van der Waals surface area contributed by atoms with Crippen LogP contribution in [-0.2, 0) is 16.4 Å². The van der Waals surface area contributed by atoms with Gasteiger partial charge in [0.1, 0.15) is 5.75 Å². The van der Waals surface area contributed by atoms with Gasteiger partial charge in [0.05, 0.1) is 16.1 Å². The Hall–Kier alpha value is -3.16. The lowest BCUT2D eigenvalue weighted by atomic mass is 10.2. The molecule has 0 spiro atoms. The Kier molecular flexibility index (Phi) is 5.32. The van der Waals surface area contributed by atoms with Gasteiger partial charge < -0.3 is 10.1 Å². The van der Waals surface area contributed by atoms with Crippen molar-refractivity contribution in [2.45, 2.75) is 18.2 Å². The number of nitrogens with zero attached hydrogens (tertiary/aromatic N) is 1. The zero-order valence-corrected chi connectivity index (χ0v) is 17.6. The van der Waals surface area contributed by atoms with Crippen LogP contribution in [0.2, 0.25) is 0 Å². The summed E-state index contributed by atoms with van der Waals surface area (Å²) in [5.74, 6) is 0.442. The van der Waals surface area contributed by atoms with E-state index in [-0.39, 0.29) is 10.5 Å². The van der Waals surface area contributed by atoms with Crippen molar-refractivity contribution in [1.29, 1.82) is 0 Å². The van der Waals surface area contributed by atoms with Crippen molar-refractivity contribution in [1.82, 2.24) is 4.31 Å². The number of likely N-dealkylation sites (N-methyl/N-ethyl adjacent to an activating group) is 1. The summed E-state index contributed by atoms with van der Waals surface area (Å²) >= 11 is 0. The Balaban J connectivity index is 1.60. The summed E-state index contributed by atoms with van der Waals surface area (Å²) < 4.78 is 33.3. The summed E-state index contributed by atoms with van der Waals surface area (Å²) in [6, 6.07) is 19.5. The average Bonchev–Trinajstić information content (AvgIpc) is 2.87. The van der Waals surface area contributed by atoms with Crippen molar-refractivity contribution in [3.05, 3.63) is 83.4 Å². The largest absolute Gasteiger partial charge is 0.454 e. The van der Waals surface area contributed by atoms with E-state index in [1.807, 2.05) is 49.4 Å². The molecule has 7 heteroatoms. The lowest BCUT2D eigenvalue weighted by molar-refractivity contribution is 0.102. The average molecular weight is 423 g/mol. The summed E-state index contributed by atoms with van der Waals surface area (Å²) in [6.45, 7) is 2.26. The number of rotatable bonds is 5. The van der Waals surface area contributed by atoms with Crippen LogP contribution in [0, 0.1) is 6.92 Å². The second-order valence-electron chi connectivity index (χ2n) is 7.28. The van der Waals surface area contributed by atoms with Gasteiger partial charge in [0.2, 0.25) is 10.0 Å². The van der Waals surface area contributed by atoms with E-state index in [1.54, 1.807) is 13.1 Å². The second kappa shape index (κ2) is 7.93. The number of hydrogen-bond donors (Lipinski definition) is 1. The van der Waals surface area contributed by atoms with E-state index in [0.717, 1.165) is 11.1 Å². The molecule has 3 aromatic carbocycles. The summed E-state index contributed by atoms with van der Waals surface area (Å²) in [5.41, 5.74) is 2.78. The van der Waals surface area contributed by atoms with Crippen LogP contribution in [0.5, 0.6) is 11.5 Å². The first kappa shape index (κ1) is 20.1. The molecule has 3 aromatic rings. The van der Waals surface area contributed by atoms with Gasteiger partial charge in [-0.25, -0.2) is 12.7 Å². The third-order valence-corrected chi connectivity index (χ3v) is 6.92. The first-order chi connectivity index (χ1) is 14.3. The third-order valence-electron chi connectivity index (χ3n) is 5.07. The number of carbonyl (C=O) groups excluding carboxylic acids is 1. The molecule has 0 saturated heterocycles. The minimum absolute atomic E-state index is 0.0534. The van der Waals surface area contributed by atoms with Gasteiger partial charge in [0.15, 0.2) is 5.75 Å². The summed E-state index contributed by atoms with van der Waals surface area (Å²) in [4.78, 5) is 12.8. The van der Waals surface area contributed by atoms with Crippen LogP contribution in [0.25, 0.3) is 0 Å². The molecule has 0 aliphatic carbocycles. The van der Waals surface area contributed by atoms with Crippen LogP contribution in [0.1, 0.15) is 21.5 Å². The Morgan fingerprint density at radius 2 is 1.73 bits per heavy atom. The SMILES string of the molecule is Cc1ccc2c(c1)Oc1ccc(S(=O)(=O)N(C)CCc3ccccc3)cc1C(=O)N2. The predicted octanol–water partition coefficient (Wildman–Crippen LogP) is 4.22. The van der Waals surface area contributed by atoms with Crippen LogP contribution in [-0.4, -0.2) is 32.2 Å². The number of amides is 1. The highest BCUT2D eigenvalue weighted by Crippen LogP contribution is 2.37. The molecule has 30 heavy (non-hydrogen) atoms. The highest BCUT2D eigenvalue weighted by atomic mass is 32.2. The molecule has 1 aliphatic heterocycles. The maximum Gasteiger partial charge on any atom is 0.259 e. The number of nitrogens with one attached hydrogen (secondary N) is 1. The highest BCUT2D eigenvalue weighted by molar-refractivity contribution is 7.89. The summed E-state index contributed by atoms with van der Waals surface area (Å²) in [7, 11) is -2.21. The summed E-state index contributed by atoms with van der Waals surface area (Å²) in [6.07, 6.45) is 0.597. The fraction of sp³-hybridized carbons (Fsp3) is 0.174. The van der Waals surface area contributed by atoms with Crippen LogP contribution in [0.3, 0.4) is 0 Å². The molecule has 0 fully saturated rings. The molecule has 0 saturated carbocycles. The zero-order chi connectivity index (χ0) is 21.3.